The number of carbonyl (C=O) groups excluding carboxylic acids is 2. The van der Waals surface area contributed by atoms with Gasteiger partial charge in [0.1, 0.15) is 12.0 Å². The number of nitrogens with one attached hydrogen (secondary N) is 1. The summed E-state index contributed by atoms with van der Waals surface area (Å²) in [5.41, 5.74) is 13.6. The van der Waals surface area contributed by atoms with Crippen molar-refractivity contribution in [3.8, 4) is 0 Å². The molecule has 300 valence electrons. The monoisotopic (exact) mass is 779 g/mol. The lowest BCUT2D eigenvalue weighted by molar-refractivity contribution is -0.161. The zero-order chi connectivity index (χ0) is 34.9. The van der Waals surface area contributed by atoms with Gasteiger partial charge in [0, 0.05) is 19.5 Å². The SMILES string of the molecule is CC(C)CCCC(C)[C@H]1CC[C@H]2[C@@H]3CC=C4C[C@@H](OC(=O)C(C)C(=O)N(CCCN)CCCCNCCCN)CC[C@]4(C)[C@H]3CC[C@]12C.Cl.Cl.Cl. The average Bonchev–Trinajstić information content (AvgIpc) is 3.42. The average molecular weight is 780 g/mol. The molecule has 0 radical (unpaired) electrons. The fraction of sp³-hybridized carbons (Fsp3) is 0.902. The van der Waals surface area contributed by atoms with Gasteiger partial charge >= 0.3 is 5.97 Å². The van der Waals surface area contributed by atoms with E-state index in [0.717, 1.165) is 93.5 Å². The van der Waals surface area contributed by atoms with Crippen molar-refractivity contribution < 1.29 is 14.3 Å². The van der Waals surface area contributed by atoms with Crippen LogP contribution in [0.2, 0.25) is 0 Å². The second kappa shape index (κ2) is 22.7. The van der Waals surface area contributed by atoms with Crippen LogP contribution >= 0.6 is 37.2 Å². The molecular formula is C41H77Cl3N4O3. The van der Waals surface area contributed by atoms with Crippen LogP contribution in [0.25, 0.3) is 0 Å². The van der Waals surface area contributed by atoms with Crippen molar-refractivity contribution in [2.24, 2.45) is 63.7 Å². The van der Waals surface area contributed by atoms with Gasteiger partial charge in [-0.05, 0) is 150 Å². The first-order chi connectivity index (χ1) is 23.0. The van der Waals surface area contributed by atoms with Crippen molar-refractivity contribution in [2.75, 3.05) is 39.3 Å². The summed E-state index contributed by atoms with van der Waals surface area (Å²) in [4.78, 5) is 28.7. The first kappa shape index (κ1) is 48.4. The minimum Gasteiger partial charge on any atom is -0.461 e. The van der Waals surface area contributed by atoms with E-state index in [9.17, 15) is 9.59 Å². The second-order valence-corrected chi connectivity index (χ2v) is 17.4. The molecule has 4 aliphatic carbocycles. The topological polar surface area (TPSA) is 111 Å². The van der Waals surface area contributed by atoms with Gasteiger partial charge in [-0.3, -0.25) is 9.59 Å². The summed E-state index contributed by atoms with van der Waals surface area (Å²) in [6.07, 6.45) is 19.7. The predicted molar refractivity (Wildman–Crippen MR) is 220 cm³/mol. The Labute approximate surface area is 331 Å². The summed E-state index contributed by atoms with van der Waals surface area (Å²) in [6, 6.07) is 0. The van der Waals surface area contributed by atoms with Crippen molar-refractivity contribution in [2.45, 2.75) is 144 Å². The van der Waals surface area contributed by atoms with Crippen molar-refractivity contribution in [1.82, 2.24) is 10.2 Å². The van der Waals surface area contributed by atoms with E-state index in [-0.39, 0.29) is 60.6 Å². The largest absolute Gasteiger partial charge is 0.461 e. The Hall–Kier alpha value is -0.570. The van der Waals surface area contributed by atoms with Crippen LogP contribution in [0.5, 0.6) is 0 Å². The summed E-state index contributed by atoms with van der Waals surface area (Å²) in [6.45, 7) is 18.5. The molecule has 3 fully saturated rings. The van der Waals surface area contributed by atoms with Crippen molar-refractivity contribution in [3.63, 3.8) is 0 Å². The quantitative estimate of drug-likeness (QED) is 0.0524. The third kappa shape index (κ3) is 12.0. The summed E-state index contributed by atoms with van der Waals surface area (Å²) in [7, 11) is 0. The molecule has 0 aliphatic heterocycles. The maximum atomic E-state index is 13.5. The molecule has 7 nitrogen and oxygen atoms in total. The molecule has 0 aromatic heterocycles. The molecule has 4 rings (SSSR count). The molecule has 0 heterocycles. The smallest absolute Gasteiger partial charge is 0.318 e. The Morgan fingerprint density at radius 2 is 1.55 bits per heavy atom. The molecule has 0 spiro atoms. The fourth-order valence-electron chi connectivity index (χ4n) is 10.9. The molecule has 5 N–H and O–H groups in total. The van der Waals surface area contributed by atoms with Gasteiger partial charge in [-0.15, -0.1) is 37.2 Å². The molecule has 0 aromatic rings. The molecule has 3 saturated carbocycles. The predicted octanol–water partition coefficient (Wildman–Crippen LogP) is 8.74. The van der Waals surface area contributed by atoms with Gasteiger partial charge in [0.05, 0.1) is 0 Å². The molecule has 0 bridgehead atoms. The number of fused-ring (bicyclic) bond motifs is 5. The number of amides is 1. The fourth-order valence-corrected chi connectivity index (χ4v) is 10.9. The summed E-state index contributed by atoms with van der Waals surface area (Å²) in [5.74, 6) is 3.63. The molecular weight excluding hydrogens is 703 g/mol. The van der Waals surface area contributed by atoms with Gasteiger partial charge < -0.3 is 26.4 Å². The van der Waals surface area contributed by atoms with Crippen LogP contribution in [0, 0.1) is 52.3 Å². The van der Waals surface area contributed by atoms with E-state index >= 15 is 0 Å². The minimum atomic E-state index is -0.789. The molecule has 2 unspecified atom stereocenters. The zero-order valence-corrected chi connectivity index (χ0v) is 35.5. The van der Waals surface area contributed by atoms with Gasteiger partial charge in [0.2, 0.25) is 5.91 Å². The van der Waals surface area contributed by atoms with Crippen LogP contribution in [0.3, 0.4) is 0 Å². The Bertz CT molecular complexity index is 1080. The minimum absolute atomic E-state index is 0. The number of ether oxygens (including phenoxy) is 1. The molecule has 0 saturated heterocycles. The maximum absolute atomic E-state index is 13.5. The van der Waals surface area contributed by atoms with E-state index in [1.54, 1.807) is 6.92 Å². The molecule has 51 heavy (non-hydrogen) atoms. The summed E-state index contributed by atoms with van der Waals surface area (Å²) < 4.78 is 6.14. The number of rotatable bonds is 19. The van der Waals surface area contributed by atoms with Crippen LogP contribution < -0.4 is 16.8 Å². The standard InChI is InChI=1S/C41H74N4O3.3ClH/c1-29(2)12-9-13-30(3)35-16-17-36-34-15-14-32-28-33(18-20-40(32,5)37(34)19-21-41(35,36)6)48-39(47)31(4)38(46)45(27-11-23-43)26-8-7-24-44-25-10-22-42;;;/h14,29-31,33-37,44H,7-13,15-28,42-43H2,1-6H3;3*1H/t30?,31?,33-,34-,35+,36-,37-,40-,41+;;;/m0.../s1. The number of hydrogen-bond acceptors (Lipinski definition) is 6. The third-order valence-electron chi connectivity index (χ3n) is 13.8. The highest BCUT2D eigenvalue weighted by Crippen LogP contribution is 2.67. The third-order valence-corrected chi connectivity index (χ3v) is 13.8. The molecule has 4 aliphatic rings. The van der Waals surface area contributed by atoms with Crippen LogP contribution in [0.1, 0.15) is 138 Å². The first-order valence-electron chi connectivity index (χ1n) is 20.3. The Morgan fingerprint density at radius 3 is 2.24 bits per heavy atom. The number of carbonyl (C=O) groups is 2. The number of halogens is 3. The number of unbranched alkanes of at least 4 members (excludes halogenated alkanes) is 1. The van der Waals surface area contributed by atoms with E-state index in [0.29, 0.717) is 31.6 Å². The van der Waals surface area contributed by atoms with E-state index in [1.807, 2.05) is 4.90 Å². The van der Waals surface area contributed by atoms with Crippen LogP contribution in [0.4, 0.5) is 0 Å². The second-order valence-electron chi connectivity index (χ2n) is 17.4. The van der Waals surface area contributed by atoms with Gasteiger partial charge in [0.15, 0.2) is 0 Å². The lowest BCUT2D eigenvalue weighted by atomic mass is 9.47. The number of nitrogens with two attached hydrogens (primary N) is 2. The molecule has 0 aromatic carbocycles. The van der Waals surface area contributed by atoms with Crippen molar-refractivity contribution >= 4 is 49.1 Å². The van der Waals surface area contributed by atoms with Crippen LogP contribution in [-0.4, -0.2) is 62.1 Å². The highest BCUT2D eigenvalue weighted by atomic mass is 35.5. The van der Waals surface area contributed by atoms with E-state index in [1.165, 1.54) is 56.9 Å². The van der Waals surface area contributed by atoms with Gasteiger partial charge in [-0.2, -0.15) is 0 Å². The van der Waals surface area contributed by atoms with Crippen molar-refractivity contribution in [3.05, 3.63) is 11.6 Å². The Morgan fingerprint density at radius 1 is 0.863 bits per heavy atom. The van der Waals surface area contributed by atoms with Crippen molar-refractivity contribution in [1.29, 1.82) is 0 Å². The van der Waals surface area contributed by atoms with E-state index in [2.05, 4.69) is 46.0 Å². The first-order valence-corrected chi connectivity index (χ1v) is 20.3. The molecule has 1 amide bonds. The Balaban J connectivity index is 0.00000433. The summed E-state index contributed by atoms with van der Waals surface area (Å²) in [5, 5.41) is 3.40. The van der Waals surface area contributed by atoms with Gasteiger partial charge in [-0.25, -0.2) is 0 Å². The highest BCUT2D eigenvalue weighted by molar-refractivity contribution is 5.97. The number of nitrogens with zero attached hydrogens (tertiary/aromatic N) is 1. The van der Waals surface area contributed by atoms with E-state index in [4.69, 9.17) is 16.2 Å². The molecule has 10 heteroatoms. The number of hydrogen-bond donors (Lipinski definition) is 3. The number of allylic oxidation sites excluding steroid dienone is 1. The van der Waals surface area contributed by atoms with E-state index < -0.39 is 5.92 Å². The van der Waals surface area contributed by atoms with Crippen LogP contribution in [-0.2, 0) is 14.3 Å². The number of esters is 1. The Kier molecular flexibility index (Phi) is 21.6. The van der Waals surface area contributed by atoms with Crippen LogP contribution in [0.15, 0.2) is 11.6 Å². The lowest BCUT2D eigenvalue weighted by Gasteiger charge is -2.58. The van der Waals surface area contributed by atoms with Gasteiger partial charge in [0.25, 0.3) is 0 Å². The maximum Gasteiger partial charge on any atom is 0.318 e. The zero-order valence-electron chi connectivity index (χ0n) is 33.1. The molecule has 9 atom stereocenters. The lowest BCUT2D eigenvalue weighted by Crippen LogP contribution is -2.51. The normalized spacial score (nSPS) is 30.6. The summed E-state index contributed by atoms with van der Waals surface area (Å²) >= 11 is 0. The van der Waals surface area contributed by atoms with Gasteiger partial charge in [-0.1, -0.05) is 65.5 Å². The highest BCUT2D eigenvalue weighted by Gasteiger charge is 2.59.